The summed E-state index contributed by atoms with van der Waals surface area (Å²) in [6, 6.07) is 8.14. The Morgan fingerprint density at radius 1 is 1.16 bits per heavy atom. The fourth-order valence-electron chi connectivity index (χ4n) is 4.06. The molecule has 0 unspecified atom stereocenters. The van der Waals surface area contributed by atoms with Crippen molar-refractivity contribution in [2.24, 2.45) is 0 Å². The quantitative estimate of drug-likeness (QED) is 0.476. The molecule has 8 heteroatoms. The number of carbonyl (C=O) groups is 1. The molecule has 1 heterocycles. The SMILES string of the molecule is COC(=O)c1cc(C2CC2)c(COCC2(F)CN(Cc3cc(Cl)cc(Cl)c3)C2)cc1F. The number of carbonyl (C=O) groups excluding carboxylic acids is 1. The molecule has 1 aliphatic carbocycles. The van der Waals surface area contributed by atoms with Gasteiger partial charge in [-0.05, 0) is 65.8 Å². The molecule has 0 amide bonds. The second-order valence-electron chi connectivity index (χ2n) is 8.36. The molecule has 166 valence electrons. The average Bonchev–Trinajstić information content (AvgIpc) is 3.50. The fourth-order valence-corrected chi connectivity index (χ4v) is 4.63. The maximum atomic E-state index is 14.9. The highest BCUT2D eigenvalue weighted by Crippen LogP contribution is 2.43. The highest BCUT2D eigenvalue weighted by atomic mass is 35.5. The normalized spacial score (nSPS) is 18.0. The van der Waals surface area contributed by atoms with Gasteiger partial charge in [-0.15, -0.1) is 0 Å². The Hall–Kier alpha value is -1.73. The van der Waals surface area contributed by atoms with Crippen molar-refractivity contribution < 1.29 is 23.0 Å². The van der Waals surface area contributed by atoms with Crippen LogP contribution < -0.4 is 0 Å². The summed E-state index contributed by atoms with van der Waals surface area (Å²) in [5, 5.41) is 1.10. The Balaban J connectivity index is 1.32. The van der Waals surface area contributed by atoms with E-state index in [1.807, 2.05) is 17.0 Å². The maximum absolute atomic E-state index is 14.9. The maximum Gasteiger partial charge on any atom is 0.340 e. The summed E-state index contributed by atoms with van der Waals surface area (Å²) in [5.41, 5.74) is 0.928. The van der Waals surface area contributed by atoms with Crippen molar-refractivity contribution in [2.75, 3.05) is 26.8 Å². The van der Waals surface area contributed by atoms with Gasteiger partial charge in [0.25, 0.3) is 0 Å². The molecule has 0 spiro atoms. The van der Waals surface area contributed by atoms with Gasteiger partial charge in [0.15, 0.2) is 5.67 Å². The average molecular weight is 470 g/mol. The lowest BCUT2D eigenvalue weighted by Gasteiger charge is -2.44. The van der Waals surface area contributed by atoms with Crippen LogP contribution in [0.2, 0.25) is 10.0 Å². The third kappa shape index (κ3) is 5.37. The molecule has 4 nitrogen and oxygen atoms in total. The molecule has 1 saturated carbocycles. The van der Waals surface area contributed by atoms with E-state index in [0.717, 1.165) is 24.0 Å². The van der Waals surface area contributed by atoms with Gasteiger partial charge in [-0.2, -0.15) is 0 Å². The van der Waals surface area contributed by atoms with Crippen LogP contribution in [0.4, 0.5) is 8.78 Å². The number of hydrogen-bond donors (Lipinski definition) is 0. The fraction of sp³-hybridized carbons (Fsp3) is 0.435. The predicted molar refractivity (Wildman–Crippen MR) is 115 cm³/mol. The standard InChI is InChI=1S/C23H23Cl2F2NO3/c1-30-22(29)20-8-19(15-2-3-15)16(6-21(20)26)10-31-13-23(27)11-28(12-23)9-14-4-17(24)7-18(25)5-14/h4-8,15H,2-3,9-13H2,1H3. The molecule has 0 N–H and O–H groups in total. The second-order valence-corrected chi connectivity index (χ2v) is 9.24. The minimum Gasteiger partial charge on any atom is -0.465 e. The highest BCUT2D eigenvalue weighted by Gasteiger charge is 2.43. The first-order valence-electron chi connectivity index (χ1n) is 10.1. The number of benzene rings is 2. The monoisotopic (exact) mass is 469 g/mol. The number of ether oxygens (including phenoxy) is 2. The number of alkyl halides is 1. The lowest BCUT2D eigenvalue weighted by atomic mass is 9.96. The second kappa shape index (κ2) is 9.02. The zero-order valence-corrected chi connectivity index (χ0v) is 18.6. The van der Waals surface area contributed by atoms with Crippen LogP contribution in [-0.4, -0.2) is 43.3 Å². The van der Waals surface area contributed by atoms with Gasteiger partial charge in [-0.3, -0.25) is 4.90 Å². The first-order chi connectivity index (χ1) is 14.8. The minimum atomic E-state index is -1.45. The molecule has 4 rings (SSSR count). The number of methoxy groups -OCH3 is 1. The van der Waals surface area contributed by atoms with Crippen LogP contribution in [0.5, 0.6) is 0 Å². The van der Waals surface area contributed by atoms with Crippen LogP contribution in [0.1, 0.15) is 45.8 Å². The molecule has 1 aliphatic heterocycles. The van der Waals surface area contributed by atoms with Crippen molar-refractivity contribution in [1.29, 1.82) is 0 Å². The van der Waals surface area contributed by atoms with E-state index in [0.29, 0.717) is 22.2 Å². The molecular weight excluding hydrogens is 447 g/mol. The van der Waals surface area contributed by atoms with Crippen LogP contribution in [0, 0.1) is 5.82 Å². The Labute approximate surface area is 190 Å². The van der Waals surface area contributed by atoms with E-state index in [2.05, 4.69) is 4.74 Å². The van der Waals surface area contributed by atoms with Gasteiger partial charge in [0.1, 0.15) is 5.82 Å². The van der Waals surface area contributed by atoms with Crippen LogP contribution in [-0.2, 0) is 22.6 Å². The smallest absolute Gasteiger partial charge is 0.340 e. The van der Waals surface area contributed by atoms with Gasteiger partial charge in [0.2, 0.25) is 0 Å². The lowest BCUT2D eigenvalue weighted by molar-refractivity contribution is -0.0937. The number of likely N-dealkylation sites (tertiary alicyclic amines) is 1. The summed E-state index contributed by atoms with van der Waals surface area (Å²) in [4.78, 5) is 13.7. The first kappa shape index (κ1) is 22.5. The van der Waals surface area contributed by atoms with E-state index in [9.17, 15) is 13.6 Å². The van der Waals surface area contributed by atoms with Crippen molar-refractivity contribution in [1.82, 2.24) is 4.90 Å². The van der Waals surface area contributed by atoms with E-state index in [1.165, 1.54) is 13.2 Å². The van der Waals surface area contributed by atoms with Crippen molar-refractivity contribution in [3.8, 4) is 0 Å². The molecule has 2 aromatic rings. The van der Waals surface area contributed by atoms with Crippen LogP contribution in [0.3, 0.4) is 0 Å². The van der Waals surface area contributed by atoms with E-state index in [4.69, 9.17) is 27.9 Å². The number of esters is 1. The molecule has 1 saturated heterocycles. The van der Waals surface area contributed by atoms with Gasteiger partial charge < -0.3 is 9.47 Å². The summed E-state index contributed by atoms with van der Waals surface area (Å²) in [5.74, 6) is -1.07. The highest BCUT2D eigenvalue weighted by molar-refractivity contribution is 6.34. The zero-order valence-electron chi connectivity index (χ0n) is 17.1. The van der Waals surface area contributed by atoms with Crippen LogP contribution in [0.15, 0.2) is 30.3 Å². The van der Waals surface area contributed by atoms with E-state index >= 15 is 0 Å². The lowest BCUT2D eigenvalue weighted by Crippen LogP contribution is -2.60. The van der Waals surface area contributed by atoms with Crippen LogP contribution in [0.25, 0.3) is 0 Å². The molecule has 0 bridgehead atoms. The molecular formula is C23H23Cl2F2NO3. The number of rotatable bonds is 8. The predicted octanol–water partition coefficient (Wildman–Crippen LogP) is 5.54. The Bertz CT molecular complexity index is 971. The summed E-state index contributed by atoms with van der Waals surface area (Å²) in [6.07, 6.45) is 1.96. The Morgan fingerprint density at radius 3 is 2.45 bits per heavy atom. The molecule has 0 radical (unpaired) electrons. The Morgan fingerprint density at radius 2 is 1.84 bits per heavy atom. The molecule has 2 fully saturated rings. The molecule has 31 heavy (non-hydrogen) atoms. The topological polar surface area (TPSA) is 38.8 Å². The van der Waals surface area contributed by atoms with Gasteiger partial charge in [0, 0.05) is 29.7 Å². The van der Waals surface area contributed by atoms with Crippen molar-refractivity contribution in [3.63, 3.8) is 0 Å². The first-order valence-corrected chi connectivity index (χ1v) is 10.9. The third-order valence-electron chi connectivity index (χ3n) is 5.61. The summed E-state index contributed by atoms with van der Waals surface area (Å²) in [7, 11) is 1.22. The van der Waals surface area contributed by atoms with Gasteiger partial charge in [-0.1, -0.05) is 23.2 Å². The number of halogens is 4. The summed E-state index contributed by atoms with van der Waals surface area (Å²) < 4.78 is 39.6. The molecule has 0 atom stereocenters. The van der Waals surface area contributed by atoms with E-state index < -0.39 is 17.5 Å². The summed E-state index contributed by atoms with van der Waals surface area (Å²) in [6.45, 7) is 1.05. The third-order valence-corrected chi connectivity index (χ3v) is 6.05. The number of nitrogens with zero attached hydrogens (tertiary/aromatic N) is 1. The number of hydrogen-bond acceptors (Lipinski definition) is 4. The Kier molecular flexibility index (Phi) is 6.54. The van der Waals surface area contributed by atoms with Gasteiger partial charge in [0.05, 0.1) is 25.9 Å². The largest absolute Gasteiger partial charge is 0.465 e. The molecule has 2 aliphatic rings. The van der Waals surface area contributed by atoms with Crippen molar-refractivity contribution in [2.45, 2.75) is 37.6 Å². The van der Waals surface area contributed by atoms with E-state index in [-0.39, 0.29) is 37.8 Å². The van der Waals surface area contributed by atoms with Crippen molar-refractivity contribution in [3.05, 3.63) is 68.4 Å². The molecule has 0 aromatic heterocycles. The van der Waals surface area contributed by atoms with Gasteiger partial charge >= 0.3 is 5.97 Å². The van der Waals surface area contributed by atoms with Crippen LogP contribution >= 0.6 is 23.2 Å². The molecule has 2 aromatic carbocycles. The zero-order chi connectivity index (χ0) is 22.2. The van der Waals surface area contributed by atoms with Crippen molar-refractivity contribution >= 4 is 29.2 Å². The van der Waals surface area contributed by atoms with E-state index in [1.54, 1.807) is 12.1 Å². The summed E-state index contributed by atoms with van der Waals surface area (Å²) >= 11 is 12.0. The minimum absolute atomic E-state index is 0.0779. The van der Waals surface area contributed by atoms with Gasteiger partial charge in [-0.25, -0.2) is 13.6 Å².